The van der Waals surface area contributed by atoms with Crippen LogP contribution >= 0.6 is 0 Å². The van der Waals surface area contributed by atoms with Crippen LogP contribution in [-0.2, 0) is 4.74 Å². The molecule has 0 aliphatic rings. The van der Waals surface area contributed by atoms with E-state index >= 15 is 0 Å². The first-order valence-electron chi connectivity index (χ1n) is 5.94. The Labute approximate surface area is 115 Å². The number of ether oxygens (including phenoxy) is 1. The number of nitro benzene ring substituents is 1. The quantitative estimate of drug-likeness (QED) is 0.421. The third-order valence-electron chi connectivity index (χ3n) is 2.69. The van der Waals surface area contributed by atoms with Gasteiger partial charge in [-0.25, -0.2) is 0 Å². The van der Waals surface area contributed by atoms with Gasteiger partial charge in [-0.1, -0.05) is 0 Å². The number of carbonyl (C=O) groups excluding carboxylic acids is 1. The highest BCUT2D eigenvalue weighted by Gasteiger charge is 2.18. The fraction of sp³-hybridized carbons (Fsp3) is 0.417. The highest BCUT2D eigenvalue weighted by Crippen LogP contribution is 2.22. The molecule has 0 aromatic heterocycles. The zero-order valence-corrected chi connectivity index (χ0v) is 11.1. The summed E-state index contributed by atoms with van der Waals surface area (Å²) in [7, 11) is 1.51. The molecule has 20 heavy (non-hydrogen) atoms. The molecule has 0 spiro atoms. The molecule has 0 saturated carbocycles. The molecular weight excluding hydrogens is 266 g/mol. The molecule has 1 amide bonds. The standard InChI is InChI=1S/C12H17N3O5/c1-20-7-5-14(4-6-16)12(17)9-2-3-11(15(18)19)10(13)8-9/h2-3,8,16H,4-7,13H2,1H3. The minimum Gasteiger partial charge on any atom is -0.395 e. The van der Waals surface area contributed by atoms with E-state index in [2.05, 4.69) is 0 Å². The summed E-state index contributed by atoms with van der Waals surface area (Å²) < 4.78 is 4.89. The van der Waals surface area contributed by atoms with Crippen LogP contribution < -0.4 is 5.73 Å². The largest absolute Gasteiger partial charge is 0.395 e. The Hall–Kier alpha value is -2.19. The molecule has 0 fully saturated rings. The van der Waals surface area contributed by atoms with E-state index in [9.17, 15) is 14.9 Å². The fourth-order valence-corrected chi connectivity index (χ4v) is 1.67. The number of hydrogen-bond donors (Lipinski definition) is 2. The molecule has 0 heterocycles. The predicted molar refractivity (Wildman–Crippen MR) is 72.4 cm³/mol. The molecule has 0 saturated heterocycles. The number of methoxy groups -OCH3 is 1. The third kappa shape index (κ3) is 3.90. The number of carbonyl (C=O) groups is 1. The highest BCUT2D eigenvalue weighted by atomic mass is 16.6. The summed E-state index contributed by atoms with van der Waals surface area (Å²) in [4.78, 5) is 23.7. The first-order chi connectivity index (χ1) is 9.51. The van der Waals surface area contributed by atoms with Crippen LogP contribution in [0.1, 0.15) is 10.4 Å². The molecule has 3 N–H and O–H groups in total. The van der Waals surface area contributed by atoms with Gasteiger partial charge in [0.2, 0.25) is 0 Å². The Morgan fingerprint density at radius 3 is 2.70 bits per heavy atom. The van der Waals surface area contributed by atoms with Crippen molar-refractivity contribution in [1.82, 2.24) is 4.90 Å². The minimum absolute atomic E-state index is 0.0726. The first kappa shape index (κ1) is 15.9. The third-order valence-corrected chi connectivity index (χ3v) is 2.69. The normalized spacial score (nSPS) is 10.3. The number of nitrogens with zero attached hydrogens (tertiary/aromatic N) is 2. The van der Waals surface area contributed by atoms with E-state index in [0.717, 1.165) is 0 Å². The fourth-order valence-electron chi connectivity index (χ4n) is 1.67. The maximum atomic E-state index is 12.2. The summed E-state index contributed by atoms with van der Waals surface area (Å²) in [5.74, 6) is -0.363. The van der Waals surface area contributed by atoms with E-state index in [-0.39, 0.29) is 36.0 Å². The molecule has 0 aliphatic carbocycles. The Kier molecular flexibility index (Phi) is 5.88. The van der Waals surface area contributed by atoms with E-state index in [1.54, 1.807) is 0 Å². The Balaban J connectivity index is 2.94. The second-order valence-electron chi connectivity index (χ2n) is 4.04. The van der Waals surface area contributed by atoms with Crippen molar-refractivity contribution in [2.75, 3.05) is 39.1 Å². The van der Waals surface area contributed by atoms with Gasteiger partial charge in [-0.2, -0.15) is 0 Å². The summed E-state index contributed by atoms with van der Waals surface area (Å²) in [6, 6.07) is 3.79. The van der Waals surface area contributed by atoms with Crippen LogP contribution in [0.5, 0.6) is 0 Å². The Morgan fingerprint density at radius 2 is 2.20 bits per heavy atom. The van der Waals surface area contributed by atoms with E-state index in [1.807, 2.05) is 0 Å². The smallest absolute Gasteiger partial charge is 0.292 e. The molecule has 0 bridgehead atoms. The average molecular weight is 283 g/mol. The molecule has 0 atom stereocenters. The highest BCUT2D eigenvalue weighted by molar-refractivity contribution is 5.95. The summed E-state index contributed by atoms with van der Waals surface area (Å²) in [5.41, 5.74) is 5.47. The van der Waals surface area contributed by atoms with Gasteiger partial charge < -0.3 is 20.5 Å². The summed E-state index contributed by atoms with van der Waals surface area (Å²) in [6.45, 7) is 0.609. The van der Waals surface area contributed by atoms with E-state index in [1.165, 1.54) is 30.2 Å². The van der Waals surface area contributed by atoms with Gasteiger partial charge in [0.05, 0.1) is 18.1 Å². The molecule has 1 aromatic rings. The monoisotopic (exact) mass is 283 g/mol. The van der Waals surface area contributed by atoms with Gasteiger partial charge in [0.1, 0.15) is 5.69 Å². The van der Waals surface area contributed by atoms with E-state index < -0.39 is 4.92 Å². The molecule has 0 aliphatic heterocycles. The SMILES string of the molecule is COCCN(CCO)C(=O)c1ccc([N+](=O)[O-])c(N)c1. The second kappa shape index (κ2) is 7.41. The lowest BCUT2D eigenvalue weighted by Crippen LogP contribution is -2.36. The predicted octanol–water partition coefficient (Wildman–Crippen LogP) is 0.258. The molecule has 110 valence electrons. The van der Waals surface area contributed by atoms with Gasteiger partial charge >= 0.3 is 0 Å². The average Bonchev–Trinajstić information content (AvgIpc) is 2.42. The molecule has 1 rings (SSSR count). The van der Waals surface area contributed by atoms with Gasteiger partial charge in [0.15, 0.2) is 0 Å². The van der Waals surface area contributed by atoms with E-state index in [4.69, 9.17) is 15.6 Å². The van der Waals surface area contributed by atoms with Crippen LogP contribution in [0.2, 0.25) is 0 Å². The lowest BCUT2D eigenvalue weighted by Gasteiger charge is -2.21. The molecule has 0 unspecified atom stereocenters. The number of nitrogen functional groups attached to an aromatic ring is 1. The van der Waals surface area contributed by atoms with Gasteiger partial charge in [-0.15, -0.1) is 0 Å². The lowest BCUT2D eigenvalue weighted by atomic mass is 10.1. The summed E-state index contributed by atoms with van der Waals surface area (Å²) in [6.07, 6.45) is 0. The van der Waals surface area contributed by atoms with Crippen molar-refractivity contribution in [3.05, 3.63) is 33.9 Å². The number of rotatable bonds is 7. The van der Waals surface area contributed by atoms with Crippen molar-refractivity contribution >= 4 is 17.3 Å². The van der Waals surface area contributed by atoms with Gasteiger partial charge in [-0.3, -0.25) is 14.9 Å². The number of nitro groups is 1. The topological polar surface area (TPSA) is 119 Å². The van der Waals surface area contributed by atoms with Crippen molar-refractivity contribution in [2.24, 2.45) is 0 Å². The zero-order chi connectivity index (χ0) is 15.1. The molecule has 0 radical (unpaired) electrons. The van der Waals surface area contributed by atoms with Crippen LogP contribution in [0.15, 0.2) is 18.2 Å². The lowest BCUT2D eigenvalue weighted by molar-refractivity contribution is -0.383. The number of benzene rings is 1. The van der Waals surface area contributed by atoms with Crippen molar-refractivity contribution in [1.29, 1.82) is 0 Å². The van der Waals surface area contributed by atoms with Gasteiger partial charge in [-0.05, 0) is 12.1 Å². The maximum absolute atomic E-state index is 12.2. The zero-order valence-electron chi connectivity index (χ0n) is 11.1. The minimum atomic E-state index is -0.611. The van der Waals surface area contributed by atoms with Crippen LogP contribution in [-0.4, -0.2) is 54.3 Å². The van der Waals surface area contributed by atoms with Gasteiger partial charge in [0.25, 0.3) is 11.6 Å². The molecule has 1 aromatic carbocycles. The van der Waals surface area contributed by atoms with Crippen molar-refractivity contribution < 1.29 is 19.6 Å². The molecule has 8 heteroatoms. The Morgan fingerprint density at radius 1 is 1.50 bits per heavy atom. The van der Waals surface area contributed by atoms with Crippen molar-refractivity contribution in [3.8, 4) is 0 Å². The van der Waals surface area contributed by atoms with Gasteiger partial charge in [0, 0.05) is 31.8 Å². The van der Waals surface area contributed by atoms with Crippen LogP contribution in [0, 0.1) is 10.1 Å². The number of nitrogens with two attached hydrogens (primary N) is 1. The Bertz CT molecular complexity index is 492. The summed E-state index contributed by atoms with van der Waals surface area (Å²) >= 11 is 0. The van der Waals surface area contributed by atoms with Crippen LogP contribution in [0.4, 0.5) is 11.4 Å². The van der Waals surface area contributed by atoms with Crippen LogP contribution in [0.25, 0.3) is 0 Å². The van der Waals surface area contributed by atoms with Crippen molar-refractivity contribution in [2.45, 2.75) is 0 Å². The van der Waals surface area contributed by atoms with Crippen LogP contribution in [0.3, 0.4) is 0 Å². The van der Waals surface area contributed by atoms with Crippen molar-refractivity contribution in [3.63, 3.8) is 0 Å². The maximum Gasteiger partial charge on any atom is 0.292 e. The molecular formula is C12H17N3O5. The number of anilines is 1. The second-order valence-corrected chi connectivity index (χ2v) is 4.04. The van der Waals surface area contributed by atoms with E-state index in [0.29, 0.717) is 13.2 Å². The number of aliphatic hydroxyl groups is 1. The number of amides is 1. The summed E-state index contributed by atoms with van der Waals surface area (Å²) in [5, 5.41) is 19.6. The molecule has 8 nitrogen and oxygen atoms in total. The number of hydrogen-bond acceptors (Lipinski definition) is 6. The first-order valence-corrected chi connectivity index (χ1v) is 5.94. The number of aliphatic hydroxyl groups excluding tert-OH is 1.